The summed E-state index contributed by atoms with van der Waals surface area (Å²) in [4.78, 5) is 26.6. The van der Waals surface area contributed by atoms with Gasteiger partial charge >= 0.3 is 12.1 Å². The number of carbonyl (C=O) groups excluding carboxylic acids is 1. The van der Waals surface area contributed by atoms with Gasteiger partial charge in [-0.3, -0.25) is 4.79 Å². The molecule has 32 heavy (non-hydrogen) atoms. The number of carbonyl (C=O) groups is 2. The van der Waals surface area contributed by atoms with Gasteiger partial charge in [0.25, 0.3) is 0 Å². The van der Waals surface area contributed by atoms with E-state index in [0.29, 0.717) is 6.33 Å². The number of piperidine rings is 1. The molecule has 1 aromatic rings. The number of nitrogens with zero attached hydrogens (tertiary/aromatic N) is 2. The van der Waals surface area contributed by atoms with Crippen molar-refractivity contribution in [3.8, 4) is 5.88 Å². The molecule has 3 atom stereocenters. The summed E-state index contributed by atoms with van der Waals surface area (Å²) in [6.45, 7) is 5.13. The average Bonchev–Trinajstić information content (AvgIpc) is 3.21. The van der Waals surface area contributed by atoms with Gasteiger partial charge in [-0.2, -0.15) is 4.31 Å². The number of sulfonamides is 1. The molecule has 2 N–H and O–H groups in total. The lowest BCUT2D eigenvalue weighted by Gasteiger charge is -2.20. The van der Waals surface area contributed by atoms with Crippen molar-refractivity contribution in [3.63, 3.8) is 0 Å². The van der Waals surface area contributed by atoms with E-state index < -0.39 is 33.6 Å². The second kappa shape index (κ2) is 9.02. The summed E-state index contributed by atoms with van der Waals surface area (Å²) in [5.74, 6) is -1.55. The third-order valence-corrected chi connectivity index (χ3v) is 7.03. The Morgan fingerprint density at radius 3 is 2.47 bits per heavy atom. The van der Waals surface area contributed by atoms with Gasteiger partial charge in [-0.1, -0.05) is 0 Å². The van der Waals surface area contributed by atoms with Crippen LogP contribution in [0.3, 0.4) is 0 Å². The molecule has 3 rings (SSSR count). The Bertz CT molecular complexity index is 993. The summed E-state index contributed by atoms with van der Waals surface area (Å²) in [6.07, 6.45) is 0.749. The van der Waals surface area contributed by atoms with Gasteiger partial charge in [0.05, 0.1) is 18.4 Å². The Hall–Kier alpha value is -2.73. The molecule has 2 fully saturated rings. The Morgan fingerprint density at radius 2 is 1.97 bits per heavy atom. The van der Waals surface area contributed by atoms with E-state index in [-0.39, 0.29) is 54.4 Å². The molecule has 1 aliphatic carbocycles. The first-order valence-corrected chi connectivity index (χ1v) is 11.4. The van der Waals surface area contributed by atoms with E-state index in [0.717, 1.165) is 6.20 Å². The lowest BCUT2D eigenvalue weighted by Crippen LogP contribution is -2.34. The van der Waals surface area contributed by atoms with Gasteiger partial charge in [0.1, 0.15) is 17.1 Å². The number of halogens is 1. The number of fused-ring (bicyclic) bond motifs is 1. The first-order valence-electron chi connectivity index (χ1n) is 9.99. The van der Waals surface area contributed by atoms with Crippen molar-refractivity contribution in [3.05, 3.63) is 30.2 Å². The lowest BCUT2D eigenvalue weighted by atomic mass is 10.2. The first-order chi connectivity index (χ1) is 14.9. The van der Waals surface area contributed by atoms with Gasteiger partial charge < -0.3 is 19.9 Å². The molecule has 12 heteroatoms. The lowest BCUT2D eigenvalue weighted by molar-refractivity contribution is -0.139. The number of nitrogens with one attached hydrogen (secondary N) is 1. The van der Waals surface area contributed by atoms with Crippen molar-refractivity contribution >= 4 is 22.1 Å². The number of pyridine rings is 1. The summed E-state index contributed by atoms with van der Waals surface area (Å²) in [5.41, 5.74) is -0.557. The highest BCUT2D eigenvalue weighted by Crippen LogP contribution is 2.52. The molecule has 176 valence electrons. The number of rotatable bonds is 8. The van der Waals surface area contributed by atoms with Crippen LogP contribution in [-0.2, 0) is 19.6 Å². The van der Waals surface area contributed by atoms with Crippen molar-refractivity contribution in [1.82, 2.24) is 14.6 Å². The maximum Gasteiger partial charge on any atom is 0.407 e. The maximum absolute atomic E-state index is 13.1. The standard InChI is InChI=1S/C20H26FN3O7S/c1-20(2,3)31-19(27)23-7-12(6-21)11-30-16-5-4-13(8-22-16)32(28,29)24-9-14-15(10-24)17(14)18(25)26/h4-6,8,14-15,17H,7,9-11H2,1-3H3,(H,23,27)(H,25,26)/b12-6+/t14-,15+,17+. The molecule has 10 nitrogen and oxygen atoms in total. The van der Waals surface area contributed by atoms with Crippen LogP contribution in [-0.4, -0.2) is 66.7 Å². The van der Waals surface area contributed by atoms with Crippen LogP contribution < -0.4 is 10.1 Å². The summed E-state index contributed by atoms with van der Waals surface area (Å²) in [5, 5.41) is 11.5. The van der Waals surface area contributed by atoms with E-state index in [9.17, 15) is 22.4 Å². The van der Waals surface area contributed by atoms with Crippen LogP contribution in [0.1, 0.15) is 20.8 Å². The Morgan fingerprint density at radius 1 is 1.31 bits per heavy atom. The second-order valence-corrected chi connectivity index (χ2v) is 10.7. The molecular formula is C20H26FN3O7S. The van der Waals surface area contributed by atoms with E-state index in [4.69, 9.17) is 14.6 Å². The highest BCUT2D eigenvalue weighted by Gasteiger charge is 2.61. The topological polar surface area (TPSA) is 135 Å². The van der Waals surface area contributed by atoms with Crippen LogP contribution >= 0.6 is 0 Å². The first kappa shape index (κ1) is 23.9. The fourth-order valence-corrected chi connectivity index (χ4v) is 5.05. The van der Waals surface area contributed by atoms with Crippen molar-refractivity contribution < 1.29 is 37.0 Å². The minimum absolute atomic E-state index is 0.0362. The zero-order chi connectivity index (χ0) is 23.7. The largest absolute Gasteiger partial charge is 0.481 e. The smallest absolute Gasteiger partial charge is 0.407 e. The number of aliphatic carboxylic acids is 1. The second-order valence-electron chi connectivity index (χ2n) is 8.76. The fraction of sp³-hybridized carbons (Fsp3) is 0.550. The van der Waals surface area contributed by atoms with Crippen LogP contribution in [0.5, 0.6) is 5.88 Å². The number of hydrogen-bond acceptors (Lipinski definition) is 7. The molecule has 0 aromatic carbocycles. The van der Waals surface area contributed by atoms with Gasteiger partial charge in [-0.05, 0) is 38.7 Å². The third-order valence-electron chi connectivity index (χ3n) is 5.21. The molecule has 1 aliphatic heterocycles. The van der Waals surface area contributed by atoms with Crippen LogP contribution in [0.2, 0.25) is 0 Å². The van der Waals surface area contributed by atoms with E-state index in [1.807, 2.05) is 0 Å². The molecule has 1 saturated carbocycles. The summed E-state index contributed by atoms with van der Waals surface area (Å²) in [7, 11) is -3.79. The van der Waals surface area contributed by atoms with Gasteiger partial charge in [-0.15, -0.1) is 0 Å². The SMILES string of the molecule is CC(C)(C)OC(=O)NC/C(=C\F)COc1ccc(S(=O)(=O)N2C[C@@H]3[C@H](C2)[C@H]3C(=O)O)cn1. The molecule has 2 heterocycles. The quantitative estimate of drug-likeness (QED) is 0.586. The normalized spacial score (nSPS) is 23.4. The van der Waals surface area contributed by atoms with Crippen molar-refractivity contribution in [2.75, 3.05) is 26.2 Å². The number of ether oxygens (including phenoxy) is 2. The third kappa shape index (κ3) is 5.54. The van der Waals surface area contributed by atoms with Crippen molar-refractivity contribution in [2.45, 2.75) is 31.3 Å². The molecule has 1 aromatic heterocycles. The molecule has 1 amide bonds. The fourth-order valence-electron chi connectivity index (χ4n) is 3.59. The van der Waals surface area contributed by atoms with E-state index in [1.165, 1.54) is 16.4 Å². The average molecular weight is 472 g/mol. The molecule has 0 unspecified atom stereocenters. The Labute approximate surface area is 185 Å². The van der Waals surface area contributed by atoms with Crippen molar-refractivity contribution in [2.24, 2.45) is 17.8 Å². The number of alkyl carbamates (subject to hydrolysis) is 1. The summed E-state index contributed by atoms with van der Waals surface area (Å²) in [6, 6.07) is 2.68. The molecule has 2 aliphatic rings. The van der Waals surface area contributed by atoms with Crippen LogP contribution in [0.4, 0.5) is 9.18 Å². The monoisotopic (exact) mass is 471 g/mol. The van der Waals surface area contributed by atoms with Crippen LogP contribution in [0.15, 0.2) is 35.1 Å². The minimum atomic E-state index is -3.79. The van der Waals surface area contributed by atoms with E-state index in [2.05, 4.69) is 10.3 Å². The van der Waals surface area contributed by atoms with E-state index in [1.54, 1.807) is 20.8 Å². The molecular weight excluding hydrogens is 445 g/mol. The van der Waals surface area contributed by atoms with Crippen LogP contribution in [0, 0.1) is 17.8 Å². The van der Waals surface area contributed by atoms with Gasteiger partial charge in [-0.25, -0.2) is 22.6 Å². The Kier molecular flexibility index (Phi) is 6.75. The highest BCUT2D eigenvalue weighted by atomic mass is 32.2. The number of amides is 1. The predicted octanol–water partition coefficient (Wildman–Crippen LogP) is 1.79. The Balaban J connectivity index is 1.50. The predicted molar refractivity (Wildman–Crippen MR) is 110 cm³/mol. The van der Waals surface area contributed by atoms with E-state index >= 15 is 0 Å². The summed E-state index contributed by atoms with van der Waals surface area (Å²) >= 11 is 0. The number of hydrogen-bond donors (Lipinski definition) is 2. The van der Waals surface area contributed by atoms with Crippen LogP contribution in [0.25, 0.3) is 0 Å². The highest BCUT2D eigenvalue weighted by molar-refractivity contribution is 7.89. The van der Waals surface area contributed by atoms with Gasteiger partial charge in [0.15, 0.2) is 0 Å². The zero-order valence-electron chi connectivity index (χ0n) is 17.9. The number of aromatic nitrogens is 1. The molecule has 1 saturated heterocycles. The maximum atomic E-state index is 13.1. The minimum Gasteiger partial charge on any atom is -0.481 e. The molecule has 0 bridgehead atoms. The number of carboxylic acid groups (broad SMARTS) is 1. The molecule has 0 radical (unpaired) electrons. The van der Waals surface area contributed by atoms with Gasteiger partial charge in [0, 0.05) is 31.3 Å². The van der Waals surface area contributed by atoms with Gasteiger partial charge in [0.2, 0.25) is 15.9 Å². The van der Waals surface area contributed by atoms with Crippen molar-refractivity contribution in [1.29, 1.82) is 0 Å². The molecule has 0 spiro atoms. The number of carboxylic acids is 1. The summed E-state index contributed by atoms with van der Waals surface area (Å²) < 4.78 is 50.3. The zero-order valence-corrected chi connectivity index (χ0v) is 18.8.